The van der Waals surface area contributed by atoms with Crippen LogP contribution in [0.15, 0.2) is 41.3 Å². The van der Waals surface area contributed by atoms with E-state index >= 15 is 0 Å². The molecule has 0 aliphatic rings. The third-order valence-corrected chi connectivity index (χ3v) is 4.86. The molecule has 0 radical (unpaired) electrons. The summed E-state index contributed by atoms with van der Waals surface area (Å²) < 4.78 is 43.1. The zero-order chi connectivity index (χ0) is 17.7. The predicted octanol–water partition coefficient (Wildman–Crippen LogP) is 1.77. The highest BCUT2D eigenvalue weighted by Gasteiger charge is 2.18. The van der Waals surface area contributed by atoms with Gasteiger partial charge in [0.15, 0.2) is 0 Å². The van der Waals surface area contributed by atoms with Crippen molar-refractivity contribution in [1.82, 2.24) is 4.72 Å². The molecule has 0 saturated heterocycles. The van der Waals surface area contributed by atoms with E-state index in [2.05, 4.69) is 4.72 Å². The molecule has 0 fully saturated rings. The van der Waals surface area contributed by atoms with Crippen molar-refractivity contribution in [2.45, 2.75) is 11.4 Å². The maximum absolute atomic E-state index is 12.4. The van der Waals surface area contributed by atoms with Gasteiger partial charge in [0.05, 0.1) is 31.8 Å². The van der Waals surface area contributed by atoms with Crippen LogP contribution in [0.25, 0.3) is 0 Å². The summed E-state index contributed by atoms with van der Waals surface area (Å²) in [6, 6.07) is 9.28. The Labute approximate surface area is 141 Å². The predicted molar refractivity (Wildman–Crippen MR) is 91.0 cm³/mol. The lowest BCUT2D eigenvalue weighted by atomic mass is 10.1. The van der Waals surface area contributed by atoms with Gasteiger partial charge >= 0.3 is 0 Å². The molecule has 2 rings (SSSR count). The minimum Gasteiger partial charge on any atom is -0.496 e. The van der Waals surface area contributed by atoms with Crippen LogP contribution >= 0.6 is 0 Å². The first-order chi connectivity index (χ1) is 11.4. The molecule has 0 amide bonds. The minimum absolute atomic E-state index is 0.00303. The number of hydrogen-bond acceptors (Lipinski definition) is 6. The molecule has 3 N–H and O–H groups in total. The summed E-state index contributed by atoms with van der Waals surface area (Å²) in [5, 5.41) is 0. The van der Waals surface area contributed by atoms with Crippen LogP contribution in [0.4, 0.5) is 5.69 Å². The molecule has 0 atom stereocenters. The van der Waals surface area contributed by atoms with E-state index in [1.54, 1.807) is 12.1 Å². The first-order valence-corrected chi connectivity index (χ1v) is 8.53. The van der Waals surface area contributed by atoms with Gasteiger partial charge in [-0.2, -0.15) is 0 Å². The lowest BCUT2D eigenvalue weighted by Crippen LogP contribution is -2.23. The number of sulfonamides is 1. The Morgan fingerprint density at radius 2 is 1.50 bits per heavy atom. The van der Waals surface area contributed by atoms with Crippen molar-refractivity contribution in [2.75, 3.05) is 27.1 Å². The number of hydrogen-bond donors (Lipinski definition) is 2. The molecule has 0 aliphatic carbocycles. The van der Waals surface area contributed by atoms with Gasteiger partial charge in [0.25, 0.3) is 0 Å². The molecule has 8 heteroatoms. The third kappa shape index (κ3) is 3.90. The van der Waals surface area contributed by atoms with Crippen molar-refractivity contribution in [2.24, 2.45) is 0 Å². The standard InChI is InChI=1S/C16H20N2O5S/c1-21-12-8-15(22-2)14(16(9-12)23-3)10-18-24(19,20)13-6-4-11(17)5-7-13/h4-9,18H,10,17H2,1-3H3. The first kappa shape index (κ1) is 17.9. The summed E-state index contributed by atoms with van der Waals surface area (Å²) in [5.74, 6) is 1.48. The largest absolute Gasteiger partial charge is 0.496 e. The Balaban J connectivity index is 2.29. The van der Waals surface area contributed by atoms with E-state index < -0.39 is 10.0 Å². The zero-order valence-corrected chi connectivity index (χ0v) is 14.5. The zero-order valence-electron chi connectivity index (χ0n) is 13.7. The van der Waals surface area contributed by atoms with E-state index in [4.69, 9.17) is 19.9 Å². The Hall–Kier alpha value is -2.45. The number of anilines is 1. The van der Waals surface area contributed by atoms with Crippen LogP contribution in [0.3, 0.4) is 0 Å². The topological polar surface area (TPSA) is 99.9 Å². The van der Waals surface area contributed by atoms with Crippen molar-refractivity contribution in [3.8, 4) is 17.2 Å². The monoisotopic (exact) mass is 352 g/mol. The van der Waals surface area contributed by atoms with Crippen molar-refractivity contribution < 1.29 is 22.6 Å². The second-order valence-corrected chi connectivity index (χ2v) is 6.67. The van der Waals surface area contributed by atoms with Gasteiger partial charge in [-0.1, -0.05) is 0 Å². The highest BCUT2D eigenvalue weighted by Crippen LogP contribution is 2.34. The minimum atomic E-state index is -3.69. The van der Waals surface area contributed by atoms with E-state index in [0.717, 1.165) is 0 Å². The molecular weight excluding hydrogens is 332 g/mol. The summed E-state index contributed by atoms with van der Waals surface area (Å²) >= 11 is 0. The van der Waals surface area contributed by atoms with Gasteiger partial charge in [-0.05, 0) is 24.3 Å². The number of nitrogens with two attached hydrogens (primary N) is 1. The third-order valence-electron chi connectivity index (χ3n) is 3.45. The second kappa shape index (κ2) is 7.41. The highest BCUT2D eigenvalue weighted by atomic mass is 32.2. The van der Waals surface area contributed by atoms with Crippen molar-refractivity contribution in [3.63, 3.8) is 0 Å². The van der Waals surface area contributed by atoms with Gasteiger partial charge in [0.2, 0.25) is 10.0 Å². The van der Waals surface area contributed by atoms with Crippen LogP contribution in [0, 0.1) is 0 Å². The van der Waals surface area contributed by atoms with Crippen LogP contribution in [0.5, 0.6) is 17.2 Å². The van der Waals surface area contributed by atoms with Crippen LogP contribution in [0.1, 0.15) is 5.56 Å². The molecule has 0 aliphatic heterocycles. The van der Waals surface area contributed by atoms with Crippen molar-refractivity contribution in [1.29, 1.82) is 0 Å². The molecule has 0 heterocycles. The fraction of sp³-hybridized carbons (Fsp3) is 0.250. The van der Waals surface area contributed by atoms with Gasteiger partial charge in [-0.25, -0.2) is 13.1 Å². The van der Waals surface area contributed by atoms with Crippen LogP contribution in [0.2, 0.25) is 0 Å². The van der Waals surface area contributed by atoms with Crippen LogP contribution in [-0.2, 0) is 16.6 Å². The summed E-state index contributed by atoms with van der Waals surface area (Å²) in [7, 11) is 0.821. The van der Waals surface area contributed by atoms with E-state index in [1.807, 2.05) is 0 Å². The van der Waals surface area contributed by atoms with Gasteiger partial charge in [-0.15, -0.1) is 0 Å². The molecule has 0 saturated carbocycles. The maximum Gasteiger partial charge on any atom is 0.240 e. The smallest absolute Gasteiger partial charge is 0.240 e. The summed E-state index contributed by atoms with van der Waals surface area (Å²) in [6.07, 6.45) is 0. The molecule has 24 heavy (non-hydrogen) atoms. The van der Waals surface area contributed by atoms with Crippen LogP contribution in [-0.4, -0.2) is 29.7 Å². The lowest BCUT2D eigenvalue weighted by molar-refractivity contribution is 0.368. The second-order valence-electron chi connectivity index (χ2n) is 4.90. The van der Waals surface area contributed by atoms with Crippen molar-refractivity contribution in [3.05, 3.63) is 42.0 Å². The van der Waals surface area contributed by atoms with Gasteiger partial charge < -0.3 is 19.9 Å². The number of nitrogen functional groups attached to an aromatic ring is 1. The average Bonchev–Trinajstić information content (AvgIpc) is 2.59. The molecule has 0 spiro atoms. The fourth-order valence-corrected chi connectivity index (χ4v) is 3.14. The number of nitrogens with one attached hydrogen (secondary N) is 1. The van der Waals surface area contributed by atoms with Gasteiger partial charge in [0, 0.05) is 24.4 Å². The van der Waals surface area contributed by atoms with E-state index in [1.165, 1.54) is 45.6 Å². The molecule has 2 aromatic carbocycles. The first-order valence-electron chi connectivity index (χ1n) is 7.05. The maximum atomic E-state index is 12.4. The SMILES string of the molecule is COc1cc(OC)c(CNS(=O)(=O)c2ccc(N)cc2)c(OC)c1. The molecule has 130 valence electrons. The van der Waals surface area contributed by atoms with E-state index in [-0.39, 0.29) is 11.4 Å². The lowest BCUT2D eigenvalue weighted by Gasteiger charge is -2.15. The Morgan fingerprint density at radius 3 is 1.96 bits per heavy atom. The quantitative estimate of drug-likeness (QED) is 0.737. The number of rotatable bonds is 7. The molecule has 7 nitrogen and oxygen atoms in total. The van der Waals surface area contributed by atoms with Gasteiger partial charge in [-0.3, -0.25) is 0 Å². The Kier molecular flexibility index (Phi) is 5.53. The van der Waals surface area contributed by atoms with E-state index in [9.17, 15) is 8.42 Å². The molecule has 0 bridgehead atoms. The Morgan fingerprint density at radius 1 is 0.958 bits per heavy atom. The number of ether oxygens (including phenoxy) is 3. The molecular formula is C16H20N2O5S. The molecule has 0 aromatic heterocycles. The fourth-order valence-electron chi connectivity index (χ4n) is 2.15. The molecule has 2 aromatic rings. The summed E-state index contributed by atoms with van der Waals surface area (Å²) in [5.41, 5.74) is 6.64. The van der Waals surface area contributed by atoms with E-state index in [0.29, 0.717) is 28.5 Å². The van der Waals surface area contributed by atoms with Crippen LogP contribution < -0.4 is 24.7 Å². The van der Waals surface area contributed by atoms with Crippen molar-refractivity contribution >= 4 is 15.7 Å². The normalized spacial score (nSPS) is 11.1. The Bertz CT molecular complexity index is 779. The number of methoxy groups -OCH3 is 3. The highest BCUT2D eigenvalue weighted by molar-refractivity contribution is 7.89. The summed E-state index contributed by atoms with van der Waals surface area (Å²) in [6.45, 7) is 0.00303. The summed E-state index contributed by atoms with van der Waals surface area (Å²) in [4.78, 5) is 0.128. The average molecular weight is 352 g/mol. The van der Waals surface area contributed by atoms with Gasteiger partial charge in [0.1, 0.15) is 17.2 Å². The molecule has 0 unspecified atom stereocenters. The number of benzene rings is 2.